The van der Waals surface area contributed by atoms with Crippen molar-refractivity contribution in [1.29, 1.82) is 0 Å². The fraction of sp³-hybridized carbons (Fsp3) is 0.600. The zero-order chi connectivity index (χ0) is 11.6. The van der Waals surface area contributed by atoms with Crippen molar-refractivity contribution < 1.29 is 22.4 Å². The zero-order valence-electron chi connectivity index (χ0n) is 11.2. The van der Waals surface area contributed by atoms with Gasteiger partial charge in [-0.25, -0.2) is 0 Å². The van der Waals surface area contributed by atoms with Crippen LogP contribution in [0, 0.1) is 6.07 Å². The van der Waals surface area contributed by atoms with E-state index in [4.69, 9.17) is 0 Å². The number of hydrogen-bond donors (Lipinski definition) is 0. The average molecular weight is 400 g/mol. The second-order valence-corrected chi connectivity index (χ2v) is 5.29. The third kappa shape index (κ3) is 4.08. The van der Waals surface area contributed by atoms with Crippen molar-refractivity contribution in [2.24, 2.45) is 0 Å². The predicted octanol–water partition coefficient (Wildman–Crippen LogP) is 4.85. The van der Waals surface area contributed by atoms with Gasteiger partial charge < -0.3 is 0 Å². The van der Waals surface area contributed by atoms with Gasteiger partial charge in [-0.1, -0.05) is 41.5 Å². The molecule has 0 aromatic heterocycles. The Morgan fingerprint density at radius 2 is 1.12 bits per heavy atom. The van der Waals surface area contributed by atoms with E-state index in [0.717, 1.165) is 0 Å². The molecule has 16 heavy (non-hydrogen) atoms. The van der Waals surface area contributed by atoms with E-state index >= 15 is 0 Å². The quantitative estimate of drug-likeness (QED) is 0.503. The van der Waals surface area contributed by atoms with Crippen LogP contribution in [0.1, 0.15) is 76.0 Å². The first-order valence-corrected chi connectivity index (χ1v) is 5.98. The molecule has 0 heterocycles. The molecule has 0 spiro atoms. The summed E-state index contributed by atoms with van der Waals surface area (Å²) < 4.78 is 0. The van der Waals surface area contributed by atoms with Crippen LogP contribution in [0.5, 0.6) is 0 Å². The molecule has 0 fully saturated rings. The standard InChI is InChI=1S/C15H23.Au/c1-10(2)13-7-14(11(3)4)9-15(8-13)12(5)6;/h7-8,10-12H,1-6H3;/q-1;+1. The monoisotopic (exact) mass is 400 g/mol. The predicted molar refractivity (Wildman–Crippen MR) is 67.5 cm³/mol. The van der Waals surface area contributed by atoms with Crippen molar-refractivity contribution >= 4 is 0 Å². The Bertz CT molecular complexity index is 259. The first-order valence-electron chi connectivity index (χ1n) is 5.98. The van der Waals surface area contributed by atoms with Gasteiger partial charge in [-0.2, -0.15) is 34.9 Å². The third-order valence-electron chi connectivity index (χ3n) is 2.84. The molecule has 94 valence electrons. The van der Waals surface area contributed by atoms with E-state index in [9.17, 15) is 0 Å². The molecule has 0 saturated heterocycles. The van der Waals surface area contributed by atoms with Gasteiger partial charge in [0.05, 0.1) is 0 Å². The minimum atomic E-state index is 0. The van der Waals surface area contributed by atoms with E-state index in [0.29, 0.717) is 17.8 Å². The molecule has 0 N–H and O–H groups in total. The van der Waals surface area contributed by atoms with Crippen LogP contribution in [-0.4, -0.2) is 0 Å². The topological polar surface area (TPSA) is 0 Å². The Kier molecular flexibility index (Phi) is 6.62. The fourth-order valence-corrected chi connectivity index (χ4v) is 1.59. The van der Waals surface area contributed by atoms with Crippen LogP contribution in [0.15, 0.2) is 12.1 Å². The van der Waals surface area contributed by atoms with Crippen LogP contribution >= 0.6 is 0 Å². The van der Waals surface area contributed by atoms with Crippen LogP contribution in [0.2, 0.25) is 0 Å². The Labute approximate surface area is 116 Å². The van der Waals surface area contributed by atoms with Gasteiger partial charge in [0.25, 0.3) is 0 Å². The van der Waals surface area contributed by atoms with E-state index in [1.165, 1.54) is 16.7 Å². The zero-order valence-corrected chi connectivity index (χ0v) is 13.4. The molecule has 1 aromatic rings. The van der Waals surface area contributed by atoms with Crippen molar-refractivity contribution in [2.75, 3.05) is 0 Å². The molecular formula is C15H23Au. The molecule has 0 aliphatic rings. The number of hydrogen-bond acceptors (Lipinski definition) is 0. The Morgan fingerprint density at radius 1 is 0.750 bits per heavy atom. The Balaban J connectivity index is 0.00000225. The van der Waals surface area contributed by atoms with Gasteiger partial charge in [0.2, 0.25) is 0 Å². The van der Waals surface area contributed by atoms with Crippen LogP contribution in [0.3, 0.4) is 0 Å². The molecule has 1 aromatic carbocycles. The van der Waals surface area contributed by atoms with E-state index < -0.39 is 0 Å². The summed E-state index contributed by atoms with van der Waals surface area (Å²) in [4.78, 5) is 0. The maximum Gasteiger partial charge on any atom is 1.00 e. The van der Waals surface area contributed by atoms with Crippen molar-refractivity contribution in [3.63, 3.8) is 0 Å². The van der Waals surface area contributed by atoms with Crippen LogP contribution in [-0.2, 0) is 22.4 Å². The van der Waals surface area contributed by atoms with E-state index in [2.05, 4.69) is 59.7 Å². The third-order valence-corrected chi connectivity index (χ3v) is 2.84. The van der Waals surface area contributed by atoms with Crippen molar-refractivity contribution in [2.45, 2.75) is 59.3 Å². The molecule has 0 bridgehead atoms. The maximum atomic E-state index is 3.54. The summed E-state index contributed by atoms with van der Waals surface area (Å²) in [7, 11) is 0. The van der Waals surface area contributed by atoms with Gasteiger partial charge in [0, 0.05) is 0 Å². The molecule has 1 heteroatoms. The summed E-state index contributed by atoms with van der Waals surface area (Å²) in [6, 6.07) is 8.15. The molecule has 0 saturated carbocycles. The molecule has 1 rings (SSSR count). The van der Waals surface area contributed by atoms with E-state index in [1.54, 1.807) is 0 Å². The van der Waals surface area contributed by atoms with E-state index in [-0.39, 0.29) is 22.4 Å². The van der Waals surface area contributed by atoms with E-state index in [1.807, 2.05) is 0 Å². The molecule has 0 nitrogen and oxygen atoms in total. The van der Waals surface area contributed by atoms with Crippen LogP contribution in [0.4, 0.5) is 0 Å². The fourth-order valence-electron chi connectivity index (χ4n) is 1.59. The summed E-state index contributed by atoms with van der Waals surface area (Å²) in [5, 5.41) is 0. The first-order chi connectivity index (χ1) is 6.91. The molecule has 0 unspecified atom stereocenters. The molecule has 0 aliphatic carbocycles. The van der Waals surface area contributed by atoms with Gasteiger partial charge in [-0.15, -0.1) is 0 Å². The SMILES string of the molecule is CC(C)c1[c-]c(C(C)C)cc(C(C)C)c1.[Au+]. The second-order valence-electron chi connectivity index (χ2n) is 5.29. The normalized spacial score (nSPS) is 11.1. The van der Waals surface area contributed by atoms with Gasteiger partial charge in [-0.05, 0) is 17.8 Å². The van der Waals surface area contributed by atoms with Crippen molar-refractivity contribution in [3.8, 4) is 0 Å². The van der Waals surface area contributed by atoms with Gasteiger partial charge in [0.1, 0.15) is 0 Å². The minimum Gasteiger partial charge on any atom is -0.176 e. The summed E-state index contributed by atoms with van der Waals surface area (Å²) in [5.74, 6) is 1.75. The largest absolute Gasteiger partial charge is 1.00 e. The van der Waals surface area contributed by atoms with Crippen LogP contribution in [0.25, 0.3) is 0 Å². The smallest absolute Gasteiger partial charge is 0.176 e. The summed E-state index contributed by atoms with van der Waals surface area (Å²) >= 11 is 0. The Hall–Kier alpha value is -0.0397. The maximum absolute atomic E-state index is 3.54. The van der Waals surface area contributed by atoms with Crippen LogP contribution < -0.4 is 0 Å². The molecule has 0 aliphatic heterocycles. The van der Waals surface area contributed by atoms with Gasteiger partial charge in [-0.3, -0.25) is 0 Å². The number of benzene rings is 1. The van der Waals surface area contributed by atoms with Crippen molar-refractivity contribution in [3.05, 3.63) is 34.9 Å². The number of rotatable bonds is 3. The first kappa shape index (κ1) is 16.0. The molecular weight excluding hydrogens is 377 g/mol. The van der Waals surface area contributed by atoms with Gasteiger partial charge in [0.15, 0.2) is 0 Å². The molecule has 0 amide bonds. The second kappa shape index (κ2) is 6.64. The average Bonchev–Trinajstić information content (AvgIpc) is 2.16. The summed E-state index contributed by atoms with van der Waals surface area (Å²) in [6.45, 7) is 13.5. The summed E-state index contributed by atoms with van der Waals surface area (Å²) in [6.07, 6.45) is 0. The van der Waals surface area contributed by atoms with Gasteiger partial charge >= 0.3 is 22.4 Å². The minimum absolute atomic E-state index is 0. The molecule has 0 radical (unpaired) electrons. The summed E-state index contributed by atoms with van der Waals surface area (Å²) in [5.41, 5.74) is 4.15. The Morgan fingerprint density at radius 3 is 1.38 bits per heavy atom. The molecule has 0 atom stereocenters. The van der Waals surface area contributed by atoms with Crippen molar-refractivity contribution in [1.82, 2.24) is 0 Å².